The van der Waals surface area contributed by atoms with Gasteiger partial charge in [-0.1, -0.05) is 35.9 Å². The molecule has 3 heteroatoms. The monoisotopic (exact) mass is 357 g/mol. The minimum Gasteiger partial charge on any atom is -0.298 e. The summed E-state index contributed by atoms with van der Waals surface area (Å²) in [7, 11) is 0. The van der Waals surface area contributed by atoms with Gasteiger partial charge in [0.25, 0.3) is 0 Å². The fraction of sp³-hybridized carbons (Fsp3) is 0.333. The molecule has 3 heterocycles. The van der Waals surface area contributed by atoms with Crippen LogP contribution in [0.4, 0.5) is 0 Å². The molecular formula is C24H27N3. The molecule has 2 aromatic heterocycles. The van der Waals surface area contributed by atoms with E-state index >= 15 is 0 Å². The van der Waals surface area contributed by atoms with Gasteiger partial charge >= 0.3 is 0 Å². The maximum Gasteiger partial charge on any atom is 0.0450 e. The summed E-state index contributed by atoms with van der Waals surface area (Å²) in [5, 5.41) is 0. The third-order valence-corrected chi connectivity index (χ3v) is 5.38. The summed E-state index contributed by atoms with van der Waals surface area (Å²) in [6.45, 7) is 5.40. The molecule has 1 atom stereocenters. The lowest BCUT2D eigenvalue weighted by Crippen LogP contribution is -2.34. The van der Waals surface area contributed by atoms with E-state index < -0.39 is 0 Å². The molecule has 1 saturated heterocycles. The largest absolute Gasteiger partial charge is 0.298 e. The summed E-state index contributed by atoms with van der Waals surface area (Å²) in [4.78, 5) is 11.7. The fourth-order valence-corrected chi connectivity index (χ4v) is 4.04. The smallest absolute Gasteiger partial charge is 0.0450 e. The van der Waals surface area contributed by atoms with Gasteiger partial charge in [0.05, 0.1) is 0 Å². The molecule has 27 heavy (non-hydrogen) atoms. The second-order valence-electron chi connectivity index (χ2n) is 7.65. The number of pyridine rings is 2. The zero-order chi connectivity index (χ0) is 18.5. The van der Waals surface area contributed by atoms with E-state index in [1.54, 1.807) is 0 Å². The van der Waals surface area contributed by atoms with Crippen molar-refractivity contribution in [1.29, 1.82) is 0 Å². The zero-order valence-corrected chi connectivity index (χ0v) is 16.0. The van der Waals surface area contributed by atoms with Crippen LogP contribution in [0.2, 0.25) is 0 Å². The summed E-state index contributed by atoms with van der Waals surface area (Å²) in [5.74, 6) is 0.526. The molecule has 0 unspecified atom stereocenters. The Bertz CT molecular complexity index is 876. The number of hydrogen-bond acceptors (Lipinski definition) is 3. The number of nitrogens with zero attached hydrogens (tertiary/aromatic N) is 3. The van der Waals surface area contributed by atoms with E-state index in [9.17, 15) is 0 Å². The van der Waals surface area contributed by atoms with Crippen LogP contribution in [-0.2, 0) is 13.0 Å². The summed E-state index contributed by atoms with van der Waals surface area (Å²) >= 11 is 0. The topological polar surface area (TPSA) is 29.0 Å². The van der Waals surface area contributed by atoms with Crippen molar-refractivity contribution in [3.05, 3.63) is 95.1 Å². The van der Waals surface area contributed by atoms with Crippen molar-refractivity contribution in [2.24, 2.45) is 0 Å². The summed E-state index contributed by atoms with van der Waals surface area (Å²) in [6, 6.07) is 19.5. The standard InChI is InChI=1S/C24H27N3/c1-19-5-2-6-21(15-19)16-23-8-3-9-24(26-23)22-7-4-14-27(18-22)17-20-10-12-25-13-11-20/h2-3,5-6,8-13,15,22H,4,7,14,16-18H2,1H3/t22-/m1/s1. The van der Waals surface area contributed by atoms with Crippen LogP contribution in [0.3, 0.4) is 0 Å². The normalized spacial score (nSPS) is 17.7. The molecule has 1 aliphatic rings. The van der Waals surface area contributed by atoms with Crippen molar-refractivity contribution < 1.29 is 0 Å². The van der Waals surface area contributed by atoms with Gasteiger partial charge in [-0.15, -0.1) is 0 Å². The van der Waals surface area contributed by atoms with E-state index in [2.05, 4.69) is 71.4 Å². The highest BCUT2D eigenvalue weighted by Crippen LogP contribution is 2.27. The lowest BCUT2D eigenvalue weighted by atomic mass is 9.93. The number of likely N-dealkylation sites (tertiary alicyclic amines) is 1. The van der Waals surface area contributed by atoms with Crippen LogP contribution in [0, 0.1) is 6.92 Å². The van der Waals surface area contributed by atoms with E-state index in [0.29, 0.717) is 5.92 Å². The molecule has 0 aliphatic carbocycles. The number of hydrogen-bond donors (Lipinski definition) is 0. The number of benzene rings is 1. The summed E-state index contributed by atoms with van der Waals surface area (Å²) in [6.07, 6.45) is 7.14. The maximum atomic E-state index is 5.03. The molecule has 3 nitrogen and oxygen atoms in total. The Morgan fingerprint density at radius 2 is 1.85 bits per heavy atom. The Hall–Kier alpha value is -2.52. The Kier molecular flexibility index (Phi) is 5.59. The Morgan fingerprint density at radius 3 is 2.70 bits per heavy atom. The van der Waals surface area contributed by atoms with Crippen LogP contribution >= 0.6 is 0 Å². The maximum absolute atomic E-state index is 5.03. The molecule has 0 N–H and O–H groups in total. The van der Waals surface area contributed by atoms with Gasteiger partial charge in [0.2, 0.25) is 0 Å². The Labute approximate surface area is 162 Å². The van der Waals surface area contributed by atoms with Crippen molar-refractivity contribution >= 4 is 0 Å². The third kappa shape index (κ3) is 4.81. The molecule has 0 amide bonds. The van der Waals surface area contributed by atoms with Gasteiger partial charge in [0.1, 0.15) is 0 Å². The van der Waals surface area contributed by atoms with Crippen LogP contribution in [0.5, 0.6) is 0 Å². The van der Waals surface area contributed by atoms with E-state index in [1.807, 2.05) is 12.4 Å². The van der Waals surface area contributed by atoms with Crippen molar-refractivity contribution in [1.82, 2.24) is 14.9 Å². The molecule has 1 fully saturated rings. The fourth-order valence-electron chi connectivity index (χ4n) is 4.04. The molecule has 0 bridgehead atoms. The van der Waals surface area contributed by atoms with Gasteiger partial charge in [-0.05, 0) is 61.7 Å². The first-order valence-corrected chi connectivity index (χ1v) is 9.89. The third-order valence-electron chi connectivity index (χ3n) is 5.38. The first-order chi connectivity index (χ1) is 13.3. The predicted molar refractivity (Wildman–Crippen MR) is 110 cm³/mol. The molecule has 0 saturated carbocycles. The Balaban J connectivity index is 1.44. The summed E-state index contributed by atoms with van der Waals surface area (Å²) < 4.78 is 0. The predicted octanol–water partition coefficient (Wildman–Crippen LogP) is 4.76. The number of aryl methyl sites for hydroxylation is 1. The SMILES string of the molecule is Cc1cccc(Cc2cccc([C@@H]3CCCN(Cc4ccncc4)C3)n2)c1. The molecule has 138 valence electrons. The van der Waals surface area contributed by atoms with Crippen LogP contribution in [-0.4, -0.2) is 28.0 Å². The highest BCUT2D eigenvalue weighted by Gasteiger charge is 2.22. The highest BCUT2D eigenvalue weighted by molar-refractivity contribution is 5.27. The quantitative estimate of drug-likeness (QED) is 0.659. The van der Waals surface area contributed by atoms with Gasteiger partial charge in [0, 0.05) is 49.2 Å². The molecule has 0 radical (unpaired) electrons. The van der Waals surface area contributed by atoms with Crippen LogP contribution in [0.15, 0.2) is 67.0 Å². The second kappa shape index (κ2) is 8.45. The first kappa shape index (κ1) is 17.9. The van der Waals surface area contributed by atoms with Gasteiger partial charge in [-0.2, -0.15) is 0 Å². The number of piperidine rings is 1. The van der Waals surface area contributed by atoms with Crippen molar-refractivity contribution in [3.8, 4) is 0 Å². The molecule has 3 aromatic rings. The number of rotatable bonds is 5. The average Bonchev–Trinajstić information content (AvgIpc) is 2.69. The van der Waals surface area contributed by atoms with Gasteiger partial charge in [0.15, 0.2) is 0 Å². The van der Waals surface area contributed by atoms with E-state index in [1.165, 1.54) is 47.5 Å². The van der Waals surface area contributed by atoms with Crippen molar-refractivity contribution in [3.63, 3.8) is 0 Å². The lowest BCUT2D eigenvalue weighted by molar-refractivity contribution is 0.198. The molecule has 0 spiro atoms. The number of aromatic nitrogens is 2. The van der Waals surface area contributed by atoms with E-state index in [0.717, 1.165) is 19.5 Å². The molecule has 1 aromatic carbocycles. The minimum atomic E-state index is 0.526. The minimum absolute atomic E-state index is 0.526. The van der Waals surface area contributed by atoms with Crippen molar-refractivity contribution in [2.45, 2.75) is 38.6 Å². The Morgan fingerprint density at radius 1 is 1.00 bits per heavy atom. The second-order valence-corrected chi connectivity index (χ2v) is 7.65. The lowest BCUT2D eigenvalue weighted by Gasteiger charge is -2.32. The van der Waals surface area contributed by atoms with E-state index in [4.69, 9.17) is 4.98 Å². The molecule has 1 aliphatic heterocycles. The van der Waals surface area contributed by atoms with Gasteiger partial charge < -0.3 is 0 Å². The molecular weight excluding hydrogens is 330 g/mol. The average molecular weight is 358 g/mol. The van der Waals surface area contributed by atoms with Crippen molar-refractivity contribution in [2.75, 3.05) is 13.1 Å². The highest BCUT2D eigenvalue weighted by atomic mass is 15.1. The summed E-state index contributed by atoms with van der Waals surface area (Å²) in [5.41, 5.74) is 6.40. The van der Waals surface area contributed by atoms with Crippen LogP contribution < -0.4 is 0 Å². The van der Waals surface area contributed by atoms with E-state index in [-0.39, 0.29) is 0 Å². The van der Waals surface area contributed by atoms with Crippen LogP contribution in [0.1, 0.15) is 46.8 Å². The van der Waals surface area contributed by atoms with Crippen LogP contribution in [0.25, 0.3) is 0 Å². The van der Waals surface area contributed by atoms with Gasteiger partial charge in [-0.3, -0.25) is 14.9 Å². The zero-order valence-electron chi connectivity index (χ0n) is 16.0. The molecule has 4 rings (SSSR count). The first-order valence-electron chi connectivity index (χ1n) is 9.89. The van der Waals surface area contributed by atoms with Gasteiger partial charge in [-0.25, -0.2) is 0 Å².